The molecule has 0 aromatic heterocycles. The third kappa shape index (κ3) is 4.84. The van der Waals surface area contributed by atoms with Crippen LogP contribution < -0.4 is 5.32 Å². The third-order valence-corrected chi connectivity index (χ3v) is 6.93. The first-order valence-electron chi connectivity index (χ1n) is 8.89. The Hall–Kier alpha value is -2.09. The first-order chi connectivity index (χ1) is 13.0. The number of halogens is 2. The van der Waals surface area contributed by atoms with Gasteiger partial charge in [0.25, 0.3) is 0 Å². The first kappa shape index (κ1) is 22.2. The Kier molecular flexibility index (Phi) is 6.75. The molecule has 1 fully saturated rings. The van der Waals surface area contributed by atoms with Crippen LogP contribution in [0.15, 0.2) is 23.1 Å². The minimum absolute atomic E-state index is 0.0305. The zero-order valence-corrected chi connectivity index (χ0v) is 16.9. The minimum Gasteiger partial charge on any atom is -0.337 e. The molecule has 1 aromatic carbocycles. The number of piperazine rings is 1. The Morgan fingerprint density at radius 1 is 1.29 bits per heavy atom. The lowest BCUT2D eigenvalue weighted by atomic mass is 9.90. The molecule has 10 heteroatoms. The van der Waals surface area contributed by atoms with E-state index >= 15 is 0 Å². The largest absolute Gasteiger partial charge is 0.337 e. The van der Waals surface area contributed by atoms with Gasteiger partial charge in [-0.3, -0.25) is 9.69 Å². The zero-order valence-electron chi connectivity index (χ0n) is 16.1. The van der Waals surface area contributed by atoms with Crippen molar-refractivity contribution in [2.75, 3.05) is 32.7 Å². The summed E-state index contributed by atoms with van der Waals surface area (Å²) in [6, 6.07) is 4.45. The van der Waals surface area contributed by atoms with E-state index in [9.17, 15) is 27.3 Å². The molecule has 1 saturated heterocycles. The lowest BCUT2D eigenvalue weighted by Crippen LogP contribution is -2.55. The summed E-state index contributed by atoms with van der Waals surface area (Å²) in [5.74, 6) is -2.38. The van der Waals surface area contributed by atoms with E-state index in [0.717, 1.165) is 16.4 Å². The molecule has 1 aromatic rings. The van der Waals surface area contributed by atoms with Gasteiger partial charge in [-0.1, -0.05) is 13.8 Å². The molecular formula is C18H24F2N4O3S. The highest BCUT2D eigenvalue weighted by atomic mass is 32.2. The Morgan fingerprint density at radius 2 is 1.89 bits per heavy atom. The summed E-state index contributed by atoms with van der Waals surface area (Å²) in [6.45, 7) is 6.06. The molecule has 0 aliphatic carbocycles. The predicted octanol–water partition coefficient (Wildman–Crippen LogP) is 1.33. The van der Waals surface area contributed by atoms with Gasteiger partial charge >= 0.3 is 0 Å². The Bertz CT molecular complexity index is 877. The lowest BCUT2D eigenvalue weighted by Gasteiger charge is -2.34. The third-order valence-electron chi connectivity index (χ3n) is 5.00. The van der Waals surface area contributed by atoms with Gasteiger partial charge in [-0.15, -0.1) is 0 Å². The van der Waals surface area contributed by atoms with Gasteiger partial charge < -0.3 is 5.32 Å². The van der Waals surface area contributed by atoms with E-state index in [1.165, 1.54) is 0 Å². The van der Waals surface area contributed by atoms with E-state index in [1.807, 2.05) is 13.8 Å². The molecule has 1 atom stereocenters. The van der Waals surface area contributed by atoms with Crippen molar-refractivity contribution in [3.8, 4) is 6.07 Å². The predicted molar refractivity (Wildman–Crippen MR) is 98.6 cm³/mol. The second-order valence-electron chi connectivity index (χ2n) is 7.27. The molecular weight excluding hydrogens is 390 g/mol. The van der Waals surface area contributed by atoms with Gasteiger partial charge in [0.05, 0.1) is 12.6 Å². The van der Waals surface area contributed by atoms with E-state index in [1.54, 1.807) is 11.8 Å². The Balaban J connectivity index is 1.97. The van der Waals surface area contributed by atoms with Crippen LogP contribution in [0.5, 0.6) is 0 Å². The number of amides is 1. The van der Waals surface area contributed by atoms with Gasteiger partial charge in [-0.25, -0.2) is 17.2 Å². The van der Waals surface area contributed by atoms with Crippen molar-refractivity contribution in [3.63, 3.8) is 0 Å². The number of nitrogens with zero attached hydrogens (tertiary/aromatic N) is 3. The SMILES string of the molecule is CC(C)[C@](C)(C#N)NC(=O)CN1CCN(S(=O)(=O)c2ccc(F)cc2F)CC1. The molecule has 154 valence electrons. The van der Waals surface area contributed by atoms with Gasteiger partial charge in [0, 0.05) is 32.2 Å². The van der Waals surface area contributed by atoms with Crippen LogP contribution >= 0.6 is 0 Å². The maximum Gasteiger partial charge on any atom is 0.246 e. The summed E-state index contributed by atoms with van der Waals surface area (Å²) in [5.41, 5.74) is -0.984. The van der Waals surface area contributed by atoms with Gasteiger partial charge in [-0.05, 0) is 25.0 Å². The molecule has 0 bridgehead atoms. The number of sulfonamides is 1. The molecule has 0 spiro atoms. The fraction of sp³-hybridized carbons (Fsp3) is 0.556. The number of nitrogens with one attached hydrogen (secondary N) is 1. The summed E-state index contributed by atoms with van der Waals surface area (Å²) in [7, 11) is -4.08. The van der Waals surface area contributed by atoms with Crippen molar-refractivity contribution in [2.24, 2.45) is 5.92 Å². The molecule has 1 amide bonds. The van der Waals surface area contributed by atoms with Gasteiger partial charge in [0.15, 0.2) is 0 Å². The topological polar surface area (TPSA) is 93.5 Å². The number of hydrogen-bond acceptors (Lipinski definition) is 5. The molecule has 7 nitrogen and oxygen atoms in total. The van der Waals surface area contributed by atoms with Gasteiger partial charge in [0.1, 0.15) is 22.1 Å². The quantitative estimate of drug-likeness (QED) is 0.758. The van der Waals surface area contributed by atoms with Crippen LogP contribution in [0.2, 0.25) is 0 Å². The van der Waals surface area contributed by atoms with Crippen molar-refractivity contribution in [1.82, 2.24) is 14.5 Å². The maximum absolute atomic E-state index is 13.9. The van der Waals surface area contributed by atoms with Crippen LogP contribution in [-0.2, 0) is 14.8 Å². The zero-order chi connectivity index (χ0) is 21.1. The van der Waals surface area contributed by atoms with Crippen LogP contribution in [0.3, 0.4) is 0 Å². The van der Waals surface area contributed by atoms with Crippen LogP contribution in [0, 0.1) is 28.9 Å². The normalized spacial score (nSPS) is 18.5. The molecule has 1 aliphatic rings. The minimum atomic E-state index is -4.08. The van der Waals surface area contributed by atoms with E-state index in [0.29, 0.717) is 6.07 Å². The maximum atomic E-state index is 13.9. The number of carbonyl (C=O) groups excluding carboxylic acids is 1. The van der Waals surface area contributed by atoms with Crippen molar-refractivity contribution in [2.45, 2.75) is 31.2 Å². The number of benzene rings is 1. The number of carbonyl (C=O) groups is 1. The molecule has 1 aliphatic heterocycles. The van der Waals surface area contributed by atoms with Crippen molar-refractivity contribution < 1.29 is 22.0 Å². The van der Waals surface area contributed by atoms with E-state index < -0.39 is 32.1 Å². The lowest BCUT2D eigenvalue weighted by molar-refractivity contribution is -0.124. The van der Waals surface area contributed by atoms with E-state index in [-0.39, 0.29) is 44.5 Å². The number of rotatable bonds is 6. The second-order valence-corrected chi connectivity index (χ2v) is 9.18. The summed E-state index contributed by atoms with van der Waals surface area (Å²) in [5, 5.41) is 12.0. The van der Waals surface area contributed by atoms with E-state index in [2.05, 4.69) is 11.4 Å². The summed E-state index contributed by atoms with van der Waals surface area (Å²) in [6.07, 6.45) is 0. The average molecular weight is 414 g/mol. The van der Waals surface area contributed by atoms with Crippen molar-refractivity contribution >= 4 is 15.9 Å². The van der Waals surface area contributed by atoms with Gasteiger partial charge in [-0.2, -0.15) is 9.57 Å². The fourth-order valence-corrected chi connectivity index (χ4v) is 4.25. The Labute approximate surface area is 164 Å². The highest BCUT2D eigenvalue weighted by molar-refractivity contribution is 7.89. The smallest absolute Gasteiger partial charge is 0.246 e. The summed E-state index contributed by atoms with van der Waals surface area (Å²) >= 11 is 0. The molecule has 0 saturated carbocycles. The van der Waals surface area contributed by atoms with Crippen molar-refractivity contribution in [1.29, 1.82) is 5.26 Å². The molecule has 0 unspecified atom stereocenters. The van der Waals surface area contributed by atoms with Crippen LogP contribution in [0.4, 0.5) is 8.78 Å². The highest BCUT2D eigenvalue weighted by Crippen LogP contribution is 2.21. The van der Waals surface area contributed by atoms with Gasteiger partial charge in [0.2, 0.25) is 15.9 Å². The summed E-state index contributed by atoms with van der Waals surface area (Å²) in [4.78, 5) is 13.4. The van der Waals surface area contributed by atoms with E-state index in [4.69, 9.17) is 0 Å². The molecule has 1 N–H and O–H groups in total. The Morgan fingerprint density at radius 3 is 2.39 bits per heavy atom. The van der Waals surface area contributed by atoms with Crippen LogP contribution in [0.25, 0.3) is 0 Å². The number of nitriles is 1. The standard InChI is InChI=1S/C18H24F2N4O3S/c1-13(2)18(3,12-21)22-17(25)11-23-6-8-24(9-7-23)28(26,27)16-5-4-14(19)10-15(16)20/h4-5,10,13H,6-9,11H2,1-3H3,(H,22,25)/t18-/m0/s1. The van der Waals surface area contributed by atoms with Crippen molar-refractivity contribution in [3.05, 3.63) is 29.8 Å². The monoisotopic (exact) mass is 414 g/mol. The highest BCUT2D eigenvalue weighted by Gasteiger charge is 2.33. The molecule has 28 heavy (non-hydrogen) atoms. The second kappa shape index (κ2) is 8.51. The average Bonchev–Trinajstić information content (AvgIpc) is 2.61. The molecule has 1 heterocycles. The van der Waals surface area contributed by atoms with Crippen LogP contribution in [-0.4, -0.2) is 61.8 Å². The summed E-state index contributed by atoms with van der Waals surface area (Å²) < 4.78 is 53.2. The molecule has 0 radical (unpaired) electrons. The number of hydrogen-bond donors (Lipinski definition) is 1. The van der Waals surface area contributed by atoms with Crippen LogP contribution in [0.1, 0.15) is 20.8 Å². The first-order valence-corrected chi connectivity index (χ1v) is 10.3. The fourth-order valence-electron chi connectivity index (χ4n) is 2.79. The molecule has 2 rings (SSSR count).